The second-order valence-electron chi connectivity index (χ2n) is 7.06. The minimum absolute atomic E-state index is 0.0569. The molecular formula is C23H21Cl2N3O2S. The van der Waals surface area contributed by atoms with Gasteiger partial charge in [0.15, 0.2) is 4.96 Å². The quantitative estimate of drug-likeness (QED) is 0.329. The third-order valence-electron chi connectivity index (χ3n) is 4.99. The molecule has 0 bridgehead atoms. The van der Waals surface area contributed by atoms with E-state index < -0.39 is 0 Å². The first-order valence-electron chi connectivity index (χ1n) is 9.80. The summed E-state index contributed by atoms with van der Waals surface area (Å²) in [6.45, 7) is 1.54. The van der Waals surface area contributed by atoms with Crippen LogP contribution in [-0.2, 0) is 11.2 Å². The maximum Gasteiger partial charge on any atom is 0.253 e. The molecule has 2 aromatic heterocycles. The number of imidazole rings is 1. The average Bonchev–Trinajstić information content (AvgIpc) is 3.35. The minimum Gasteiger partial charge on any atom is -0.383 e. The van der Waals surface area contributed by atoms with E-state index in [0.29, 0.717) is 41.7 Å². The number of hydrogen-bond donors (Lipinski definition) is 0. The lowest BCUT2D eigenvalue weighted by molar-refractivity contribution is 0.0697. The van der Waals surface area contributed by atoms with E-state index in [1.807, 2.05) is 30.5 Å². The largest absolute Gasteiger partial charge is 0.383 e. The van der Waals surface area contributed by atoms with Gasteiger partial charge in [-0.25, -0.2) is 4.98 Å². The molecule has 0 radical (unpaired) electrons. The molecule has 0 aliphatic rings. The van der Waals surface area contributed by atoms with E-state index in [4.69, 9.17) is 32.9 Å². The Bertz CT molecular complexity index is 1190. The topological polar surface area (TPSA) is 46.8 Å². The van der Waals surface area contributed by atoms with Crippen LogP contribution in [0.3, 0.4) is 0 Å². The van der Waals surface area contributed by atoms with Crippen LogP contribution in [0.2, 0.25) is 10.0 Å². The number of ether oxygens (including phenoxy) is 1. The number of halogens is 2. The molecule has 4 rings (SSSR count). The maximum absolute atomic E-state index is 13.0. The summed E-state index contributed by atoms with van der Waals surface area (Å²) >= 11 is 13.7. The van der Waals surface area contributed by atoms with Gasteiger partial charge in [0.25, 0.3) is 5.91 Å². The normalized spacial score (nSPS) is 11.2. The van der Waals surface area contributed by atoms with Crippen LogP contribution < -0.4 is 0 Å². The van der Waals surface area contributed by atoms with Crippen molar-refractivity contribution in [2.75, 3.05) is 26.8 Å². The molecule has 0 N–H and O–H groups in total. The van der Waals surface area contributed by atoms with Crippen LogP contribution in [0.25, 0.3) is 16.2 Å². The highest BCUT2D eigenvalue weighted by molar-refractivity contribution is 7.15. The van der Waals surface area contributed by atoms with Crippen LogP contribution in [0.5, 0.6) is 0 Å². The van der Waals surface area contributed by atoms with E-state index in [-0.39, 0.29) is 5.91 Å². The molecule has 0 aliphatic carbocycles. The molecule has 8 heteroatoms. The molecule has 0 saturated heterocycles. The second kappa shape index (κ2) is 9.83. The summed E-state index contributed by atoms with van der Waals surface area (Å²) in [5, 5.41) is 3.34. The van der Waals surface area contributed by atoms with Crippen molar-refractivity contribution in [2.24, 2.45) is 0 Å². The molecule has 0 atom stereocenters. The Labute approximate surface area is 194 Å². The predicted octanol–water partition coefficient (Wildman–Crippen LogP) is 5.70. The molecule has 2 aromatic carbocycles. The Kier molecular flexibility index (Phi) is 6.92. The maximum atomic E-state index is 13.0. The molecule has 160 valence electrons. The van der Waals surface area contributed by atoms with E-state index >= 15 is 0 Å². The fourth-order valence-electron chi connectivity index (χ4n) is 3.34. The Morgan fingerprint density at radius 1 is 1.13 bits per heavy atom. The molecule has 4 aromatic rings. The molecule has 0 saturated carbocycles. The van der Waals surface area contributed by atoms with Gasteiger partial charge in [-0.3, -0.25) is 9.20 Å². The van der Waals surface area contributed by atoms with Crippen LogP contribution in [0.15, 0.2) is 60.1 Å². The molecule has 31 heavy (non-hydrogen) atoms. The highest BCUT2D eigenvalue weighted by Gasteiger charge is 2.17. The zero-order valence-corrected chi connectivity index (χ0v) is 19.3. The van der Waals surface area contributed by atoms with Crippen LogP contribution >= 0.6 is 34.5 Å². The molecular weight excluding hydrogens is 453 g/mol. The van der Waals surface area contributed by atoms with Crippen molar-refractivity contribution in [3.63, 3.8) is 0 Å². The van der Waals surface area contributed by atoms with Gasteiger partial charge in [0, 0.05) is 65.1 Å². The lowest BCUT2D eigenvalue weighted by Crippen LogP contribution is -2.35. The summed E-state index contributed by atoms with van der Waals surface area (Å²) in [5.74, 6) is -0.0569. The van der Waals surface area contributed by atoms with E-state index in [0.717, 1.165) is 21.9 Å². The molecule has 5 nitrogen and oxygen atoms in total. The molecule has 0 fully saturated rings. The number of methoxy groups -OCH3 is 1. The highest BCUT2D eigenvalue weighted by atomic mass is 35.5. The van der Waals surface area contributed by atoms with Crippen LogP contribution in [0, 0.1) is 0 Å². The van der Waals surface area contributed by atoms with Crippen molar-refractivity contribution in [2.45, 2.75) is 6.42 Å². The first-order chi connectivity index (χ1) is 15.0. The lowest BCUT2D eigenvalue weighted by atomic mass is 10.2. The van der Waals surface area contributed by atoms with Crippen molar-refractivity contribution in [1.82, 2.24) is 14.3 Å². The van der Waals surface area contributed by atoms with E-state index in [9.17, 15) is 4.79 Å². The zero-order valence-electron chi connectivity index (χ0n) is 16.9. The second-order valence-corrected chi connectivity index (χ2v) is 8.77. The fourth-order valence-corrected chi connectivity index (χ4v) is 4.56. The van der Waals surface area contributed by atoms with Gasteiger partial charge in [0.2, 0.25) is 0 Å². The number of carbonyl (C=O) groups excluding carboxylic acids is 1. The van der Waals surface area contributed by atoms with Crippen LogP contribution in [0.4, 0.5) is 0 Å². The summed E-state index contributed by atoms with van der Waals surface area (Å²) < 4.78 is 7.30. The van der Waals surface area contributed by atoms with Crippen molar-refractivity contribution in [3.8, 4) is 11.3 Å². The van der Waals surface area contributed by atoms with Crippen molar-refractivity contribution >= 4 is 45.4 Å². The SMILES string of the molecule is COCCN(CCc1csc2nc(-c3ccc(Cl)cc3)cn12)C(=O)c1cccc(Cl)c1. The van der Waals surface area contributed by atoms with E-state index in [1.165, 1.54) is 0 Å². The van der Waals surface area contributed by atoms with Crippen LogP contribution in [0.1, 0.15) is 16.1 Å². The Morgan fingerprint density at radius 3 is 2.68 bits per heavy atom. The summed E-state index contributed by atoms with van der Waals surface area (Å²) in [5.41, 5.74) is 3.60. The Hall–Kier alpha value is -2.38. The number of carbonyl (C=O) groups is 1. The number of benzene rings is 2. The van der Waals surface area contributed by atoms with E-state index in [2.05, 4.69) is 9.78 Å². The van der Waals surface area contributed by atoms with Gasteiger partial charge < -0.3 is 9.64 Å². The fraction of sp³-hybridized carbons (Fsp3) is 0.217. The number of amides is 1. The first kappa shape index (κ1) is 21.8. The molecule has 0 unspecified atom stereocenters. The zero-order chi connectivity index (χ0) is 21.8. The third-order valence-corrected chi connectivity index (χ3v) is 6.36. The van der Waals surface area contributed by atoms with Gasteiger partial charge in [0.1, 0.15) is 0 Å². The smallest absolute Gasteiger partial charge is 0.253 e. The van der Waals surface area contributed by atoms with Gasteiger partial charge in [-0.05, 0) is 30.3 Å². The van der Waals surface area contributed by atoms with E-state index in [1.54, 1.807) is 47.6 Å². The summed E-state index contributed by atoms with van der Waals surface area (Å²) in [7, 11) is 1.63. The van der Waals surface area contributed by atoms with Crippen molar-refractivity contribution in [3.05, 3.63) is 81.4 Å². The summed E-state index contributed by atoms with van der Waals surface area (Å²) in [4.78, 5) is 20.5. The van der Waals surface area contributed by atoms with Gasteiger partial charge in [0.05, 0.1) is 12.3 Å². The van der Waals surface area contributed by atoms with Crippen molar-refractivity contribution in [1.29, 1.82) is 0 Å². The lowest BCUT2D eigenvalue weighted by Gasteiger charge is -2.22. The third kappa shape index (κ3) is 5.10. The minimum atomic E-state index is -0.0569. The number of rotatable bonds is 8. The number of hydrogen-bond acceptors (Lipinski definition) is 4. The standard InChI is InChI=1S/C23H21Cl2N3O2S/c1-30-12-11-27(22(29)17-3-2-4-19(25)13-17)10-9-20-15-31-23-26-21(14-28(20)23)16-5-7-18(24)8-6-16/h2-8,13-15H,9-12H2,1H3. The van der Waals surface area contributed by atoms with Gasteiger partial charge in [-0.2, -0.15) is 0 Å². The molecule has 0 spiro atoms. The predicted molar refractivity (Wildman–Crippen MR) is 126 cm³/mol. The Balaban J connectivity index is 1.52. The summed E-state index contributed by atoms with van der Waals surface area (Å²) in [6, 6.07) is 14.7. The highest BCUT2D eigenvalue weighted by Crippen LogP contribution is 2.25. The number of nitrogens with zero attached hydrogens (tertiary/aromatic N) is 3. The molecule has 1 amide bonds. The molecule has 2 heterocycles. The van der Waals surface area contributed by atoms with Gasteiger partial charge in [-0.15, -0.1) is 11.3 Å². The molecule has 0 aliphatic heterocycles. The number of fused-ring (bicyclic) bond motifs is 1. The van der Waals surface area contributed by atoms with Crippen LogP contribution in [-0.4, -0.2) is 47.0 Å². The Morgan fingerprint density at radius 2 is 1.94 bits per heavy atom. The number of thiazole rings is 1. The summed E-state index contributed by atoms with van der Waals surface area (Å²) in [6.07, 6.45) is 2.73. The average molecular weight is 474 g/mol. The number of aromatic nitrogens is 2. The van der Waals surface area contributed by atoms with Crippen molar-refractivity contribution < 1.29 is 9.53 Å². The first-order valence-corrected chi connectivity index (χ1v) is 11.4. The monoisotopic (exact) mass is 473 g/mol. The van der Waals surface area contributed by atoms with Gasteiger partial charge >= 0.3 is 0 Å². The van der Waals surface area contributed by atoms with Gasteiger partial charge in [-0.1, -0.05) is 41.4 Å².